The van der Waals surface area contributed by atoms with Gasteiger partial charge in [-0.05, 0) is 38.0 Å². The molecule has 4 heteroatoms. The largest absolute Gasteiger partial charge is 0.399 e. The third-order valence-corrected chi connectivity index (χ3v) is 3.65. The number of rotatable bonds is 2. The van der Waals surface area contributed by atoms with E-state index in [-0.39, 0.29) is 0 Å². The van der Waals surface area contributed by atoms with Crippen LogP contribution in [0.1, 0.15) is 43.0 Å². The second kappa shape index (κ2) is 5.29. The normalized spacial score (nSPS) is 20.5. The van der Waals surface area contributed by atoms with Crippen molar-refractivity contribution in [3.63, 3.8) is 0 Å². The first-order chi connectivity index (χ1) is 8.59. The highest BCUT2D eigenvalue weighted by molar-refractivity contribution is 5.99. The van der Waals surface area contributed by atoms with E-state index in [2.05, 4.69) is 11.8 Å². The fourth-order valence-electron chi connectivity index (χ4n) is 2.63. The summed E-state index contributed by atoms with van der Waals surface area (Å²) in [6, 6.07) is 5.86. The molecule has 1 heterocycles. The molecule has 1 aliphatic rings. The Morgan fingerprint density at radius 3 is 2.83 bits per heavy atom. The van der Waals surface area contributed by atoms with Crippen molar-refractivity contribution in [3.05, 3.63) is 23.8 Å². The fourth-order valence-corrected chi connectivity index (χ4v) is 2.63. The molecular formula is C14H21N3O. The number of hydrogen-bond donors (Lipinski definition) is 2. The van der Waals surface area contributed by atoms with Gasteiger partial charge in [0.25, 0.3) is 5.91 Å². The van der Waals surface area contributed by atoms with E-state index in [0.29, 0.717) is 17.3 Å². The van der Waals surface area contributed by atoms with Gasteiger partial charge in [0.2, 0.25) is 0 Å². The zero-order chi connectivity index (χ0) is 13.1. The van der Waals surface area contributed by atoms with Crippen LogP contribution >= 0.6 is 0 Å². The van der Waals surface area contributed by atoms with Gasteiger partial charge in [0, 0.05) is 24.0 Å². The molecule has 98 valence electrons. The first kappa shape index (κ1) is 12.7. The van der Waals surface area contributed by atoms with Gasteiger partial charge in [0.1, 0.15) is 0 Å². The maximum absolute atomic E-state index is 11.5. The van der Waals surface area contributed by atoms with Crippen molar-refractivity contribution in [2.45, 2.75) is 38.6 Å². The second-order valence-electron chi connectivity index (χ2n) is 5.03. The van der Waals surface area contributed by atoms with E-state index in [1.807, 2.05) is 12.1 Å². The number of benzene rings is 1. The number of nitrogen functional groups attached to an aromatic ring is 1. The molecule has 0 saturated carbocycles. The predicted molar refractivity (Wildman–Crippen MR) is 74.6 cm³/mol. The summed E-state index contributed by atoms with van der Waals surface area (Å²) in [5.41, 5.74) is 13.2. The van der Waals surface area contributed by atoms with E-state index in [0.717, 1.165) is 25.1 Å². The molecule has 2 rings (SSSR count). The number of nitrogens with two attached hydrogens (primary N) is 2. The van der Waals surface area contributed by atoms with Gasteiger partial charge in [0.15, 0.2) is 0 Å². The molecular weight excluding hydrogens is 226 g/mol. The molecule has 0 bridgehead atoms. The number of primary amides is 1. The van der Waals surface area contributed by atoms with Gasteiger partial charge in [-0.25, -0.2) is 0 Å². The van der Waals surface area contributed by atoms with Gasteiger partial charge in [-0.1, -0.05) is 12.8 Å². The summed E-state index contributed by atoms with van der Waals surface area (Å²) in [4.78, 5) is 13.8. The van der Waals surface area contributed by atoms with Crippen LogP contribution in [0.3, 0.4) is 0 Å². The van der Waals surface area contributed by atoms with Crippen molar-refractivity contribution in [3.8, 4) is 0 Å². The average Bonchev–Trinajstić information content (AvgIpc) is 2.54. The zero-order valence-corrected chi connectivity index (χ0v) is 10.9. The van der Waals surface area contributed by atoms with Crippen LogP contribution in [-0.4, -0.2) is 18.5 Å². The van der Waals surface area contributed by atoms with Crippen LogP contribution in [0, 0.1) is 0 Å². The maximum atomic E-state index is 11.5. The highest BCUT2D eigenvalue weighted by atomic mass is 16.1. The van der Waals surface area contributed by atoms with Gasteiger partial charge in [-0.15, -0.1) is 0 Å². The lowest BCUT2D eigenvalue weighted by Gasteiger charge is -2.31. The maximum Gasteiger partial charge on any atom is 0.250 e. The summed E-state index contributed by atoms with van der Waals surface area (Å²) in [7, 11) is 0. The summed E-state index contributed by atoms with van der Waals surface area (Å²) < 4.78 is 0. The molecule has 0 radical (unpaired) electrons. The molecule has 4 nitrogen and oxygen atoms in total. The lowest BCUT2D eigenvalue weighted by atomic mass is 10.1. The standard InChI is InChI=1S/C14H21N3O/c1-10-5-3-2-4-8-17(10)13-7-6-11(15)9-12(13)14(16)18/h6-7,9-10H,2-5,8,15H2,1H3,(H2,16,18). The second-order valence-corrected chi connectivity index (χ2v) is 5.03. The summed E-state index contributed by atoms with van der Waals surface area (Å²) in [5.74, 6) is -0.409. The fraction of sp³-hybridized carbons (Fsp3) is 0.500. The van der Waals surface area contributed by atoms with E-state index in [9.17, 15) is 4.79 Å². The van der Waals surface area contributed by atoms with E-state index >= 15 is 0 Å². The van der Waals surface area contributed by atoms with Crippen molar-refractivity contribution < 1.29 is 4.79 Å². The van der Waals surface area contributed by atoms with Crippen LogP contribution in [0.2, 0.25) is 0 Å². The quantitative estimate of drug-likeness (QED) is 0.786. The lowest BCUT2D eigenvalue weighted by Crippen LogP contribution is -2.34. The van der Waals surface area contributed by atoms with Crippen LogP contribution < -0.4 is 16.4 Å². The van der Waals surface area contributed by atoms with Crippen molar-refractivity contribution in [2.24, 2.45) is 5.73 Å². The topological polar surface area (TPSA) is 72.3 Å². The molecule has 1 fully saturated rings. The minimum atomic E-state index is -0.409. The number of amides is 1. The SMILES string of the molecule is CC1CCCCCN1c1ccc(N)cc1C(N)=O. The highest BCUT2D eigenvalue weighted by Gasteiger charge is 2.21. The van der Waals surface area contributed by atoms with Crippen molar-refractivity contribution in [1.82, 2.24) is 0 Å². The molecule has 18 heavy (non-hydrogen) atoms. The lowest BCUT2D eigenvalue weighted by molar-refractivity contribution is 0.100. The van der Waals surface area contributed by atoms with Crippen LogP contribution in [0.4, 0.5) is 11.4 Å². The molecule has 0 aliphatic carbocycles. The molecule has 4 N–H and O–H groups in total. The van der Waals surface area contributed by atoms with Crippen molar-refractivity contribution >= 4 is 17.3 Å². The van der Waals surface area contributed by atoms with E-state index in [1.165, 1.54) is 12.8 Å². The molecule has 0 spiro atoms. The third kappa shape index (κ3) is 2.58. The summed E-state index contributed by atoms with van der Waals surface area (Å²) in [6.07, 6.45) is 4.82. The van der Waals surface area contributed by atoms with Gasteiger partial charge < -0.3 is 16.4 Å². The molecule has 1 aromatic rings. The minimum absolute atomic E-state index is 0.409. The molecule has 1 aliphatic heterocycles. The minimum Gasteiger partial charge on any atom is -0.399 e. The Kier molecular flexibility index (Phi) is 3.75. The first-order valence-electron chi connectivity index (χ1n) is 6.55. The number of hydrogen-bond acceptors (Lipinski definition) is 3. The number of carbonyl (C=O) groups is 1. The Bertz CT molecular complexity index is 445. The smallest absolute Gasteiger partial charge is 0.250 e. The third-order valence-electron chi connectivity index (χ3n) is 3.65. The Morgan fingerprint density at radius 2 is 2.11 bits per heavy atom. The molecule has 1 aromatic carbocycles. The zero-order valence-electron chi connectivity index (χ0n) is 10.9. The van der Waals surface area contributed by atoms with Crippen LogP contribution in [0.5, 0.6) is 0 Å². The molecule has 1 saturated heterocycles. The van der Waals surface area contributed by atoms with E-state index in [1.54, 1.807) is 6.07 Å². The van der Waals surface area contributed by atoms with Gasteiger partial charge in [-0.2, -0.15) is 0 Å². The van der Waals surface area contributed by atoms with Crippen LogP contribution in [0.25, 0.3) is 0 Å². The molecule has 1 atom stereocenters. The Hall–Kier alpha value is -1.71. The van der Waals surface area contributed by atoms with Gasteiger partial charge in [-0.3, -0.25) is 4.79 Å². The Morgan fingerprint density at radius 1 is 1.33 bits per heavy atom. The number of anilines is 2. The van der Waals surface area contributed by atoms with Gasteiger partial charge in [0.05, 0.1) is 5.56 Å². The Labute approximate surface area is 108 Å². The summed E-state index contributed by atoms with van der Waals surface area (Å²) in [5, 5.41) is 0. The van der Waals surface area contributed by atoms with Gasteiger partial charge >= 0.3 is 0 Å². The molecule has 1 amide bonds. The van der Waals surface area contributed by atoms with Crippen LogP contribution in [-0.2, 0) is 0 Å². The highest BCUT2D eigenvalue weighted by Crippen LogP contribution is 2.28. The Balaban J connectivity index is 2.39. The molecule has 0 aromatic heterocycles. The van der Waals surface area contributed by atoms with Crippen molar-refractivity contribution in [1.29, 1.82) is 0 Å². The van der Waals surface area contributed by atoms with E-state index < -0.39 is 5.91 Å². The first-order valence-corrected chi connectivity index (χ1v) is 6.55. The number of carbonyl (C=O) groups excluding carboxylic acids is 1. The van der Waals surface area contributed by atoms with E-state index in [4.69, 9.17) is 11.5 Å². The summed E-state index contributed by atoms with van der Waals surface area (Å²) >= 11 is 0. The number of nitrogens with zero attached hydrogens (tertiary/aromatic N) is 1. The predicted octanol–water partition coefficient (Wildman–Crippen LogP) is 2.14. The monoisotopic (exact) mass is 247 g/mol. The summed E-state index contributed by atoms with van der Waals surface area (Å²) in [6.45, 7) is 3.18. The van der Waals surface area contributed by atoms with Crippen molar-refractivity contribution in [2.75, 3.05) is 17.2 Å². The van der Waals surface area contributed by atoms with Crippen LogP contribution in [0.15, 0.2) is 18.2 Å². The molecule has 1 unspecified atom stereocenters. The average molecular weight is 247 g/mol.